The van der Waals surface area contributed by atoms with Crippen molar-refractivity contribution >= 4 is 34.4 Å². The first-order chi connectivity index (χ1) is 19.3. The number of H-pyrrole nitrogens is 1. The molecule has 3 aliphatic rings. The summed E-state index contributed by atoms with van der Waals surface area (Å²) in [5.41, 5.74) is 1.13. The molecule has 2 aliphatic heterocycles. The number of hydrogen-bond donors (Lipinski definition) is 3. The molecule has 0 bridgehead atoms. The van der Waals surface area contributed by atoms with E-state index in [1.807, 2.05) is 18.2 Å². The van der Waals surface area contributed by atoms with Crippen molar-refractivity contribution in [2.45, 2.75) is 51.1 Å². The highest BCUT2D eigenvalue weighted by molar-refractivity contribution is 6.03. The summed E-state index contributed by atoms with van der Waals surface area (Å²) in [4.78, 5) is 58.3. The van der Waals surface area contributed by atoms with Crippen molar-refractivity contribution in [3.05, 3.63) is 41.7 Å². The Kier molecular flexibility index (Phi) is 6.77. The van der Waals surface area contributed by atoms with E-state index in [0.717, 1.165) is 30.2 Å². The topological polar surface area (TPSA) is 160 Å². The van der Waals surface area contributed by atoms with Crippen LogP contribution in [0, 0.1) is 24.7 Å². The Hall–Kier alpha value is -4.22. The molecular formula is C28H32N6O6. The van der Waals surface area contributed by atoms with E-state index in [4.69, 9.17) is 9.15 Å². The molecule has 2 saturated heterocycles. The number of aryl methyl sites for hydroxylation is 1. The van der Waals surface area contributed by atoms with Gasteiger partial charge in [-0.2, -0.15) is 0 Å². The zero-order valence-electron chi connectivity index (χ0n) is 22.4. The number of amides is 3. The van der Waals surface area contributed by atoms with Gasteiger partial charge in [0.25, 0.3) is 11.8 Å². The van der Waals surface area contributed by atoms with Gasteiger partial charge < -0.3 is 29.7 Å². The van der Waals surface area contributed by atoms with Crippen molar-refractivity contribution in [2.24, 2.45) is 17.8 Å². The third-order valence-electron chi connectivity index (χ3n) is 8.55. The van der Waals surface area contributed by atoms with Crippen LogP contribution < -0.4 is 15.4 Å². The summed E-state index contributed by atoms with van der Waals surface area (Å²) in [7, 11) is 1.58. The lowest BCUT2D eigenvalue weighted by Gasteiger charge is -2.29. The van der Waals surface area contributed by atoms with E-state index < -0.39 is 29.7 Å². The van der Waals surface area contributed by atoms with Crippen molar-refractivity contribution in [1.82, 2.24) is 30.7 Å². The Labute approximate surface area is 230 Å². The molecule has 6 rings (SSSR count). The maximum atomic E-state index is 14.0. The van der Waals surface area contributed by atoms with Crippen LogP contribution in [0.3, 0.4) is 0 Å². The molecule has 1 aromatic carbocycles. The number of carbonyl (C=O) groups is 4. The van der Waals surface area contributed by atoms with Crippen molar-refractivity contribution in [3.8, 4) is 5.75 Å². The monoisotopic (exact) mass is 548 g/mol. The number of aromatic amines is 1. The highest BCUT2D eigenvalue weighted by Gasteiger charge is 2.50. The lowest BCUT2D eigenvalue weighted by molar-refractivity contribution is -0.127. The van der Waals surface area contributed by atoms with Crippen LogP contribution in [0.4, 0.5) is 0 Å². The lowest BCUT2D eigenvalue weighted by atomic mass is 9.92. The van der Waals surface area contributed by atoms with Gasteiger partial charge in [0.1, 0.15) is 17.5 Å². The number of carbonyl (C=O) groups excluding carboxylic acids is 4. The smallest absolute Gasteiger partial charge is 0.286 e. The van der Waals surface area contributed by atoms with E-state index in [-0.39, 0.29) is 41.9 Å². The van der Waals surface area contributed by atoms with Gasteiger partial charge in [0, 0.05) is 36.8 Å². The Balaban J connectivity index is 1.28. The predicted molar refractivity (Wildman–Crippen MR) is 142 cm³/mol. The fourth-order valence-corrected chi connectivity index (χ4v) is 6.61. The quantitative estimate of drug-likeness (QED) is 0.361. The van der Waals surface area contributed by atoms with Crippen molar-refractivity contribution in [1.29, 1.82) is 0 Å². The van der Waals surface area contributed by atoms with Crippen LogP contribution in [-0.4, -0.2) is 75.9 Å². The number of rotatable bonds is 8. The maximum absolute atomic E-state index is 14.0. The summed E-state index contributed by atoms with van der Waals surface area (Å²) < 4.78 is 10.8. The lowest BCUT2D eigenvalue weighted by Crippen LogP contribution is -2.53. The Bertz CT molecular complexity index is 1480. The van der Waals surface area contributed by atoms with Crippen LogP contribution in [0.15, 0.2) is 28.7 Å². The molecule has 2 aromatic heterocycles. The van der Waals surface area contributed by atoms with Crippen LogP contribution in [-0.2, 0) is 9.59 Å². The summed E-state index contributed by atoms with van der Waals surface area (Å²) in [6.07, 6.45) is 3.40. The number of hydrogen-bond acceptors (Lipinski definition) is 8. The minimum absolute atomic E-state index is 0.0148. The molecule has 1 aliphatic carbocycles. The number of likely N-dealkylation sites (tertiary alicyclic amines) is 1. The second kappa shape index (κ2) is 10.4. The van der Waals surface area contributed by atoms with Crippen LogP contribution in [0.5, 0.6) is 5.75 Å². The SMILES string of the molecule is COc1cccc2[nH]c(C(=O)N3CC4CCCC4C3C(=O)NC(CC3CCNC3=O)C(=O)c3nnc(C)o3)cc12. The summed E-state index contributed by atoms with van der Waals surface area (Å²) in [5.74, 6) is -0.982. The Morgan fingerprint density at radius 2 is 2.08 bits per heavy atom. The molecule has 12 nitrogen and oxygen atoms in total. The van der Waals surface area contributed by atoms with Crippen molar-refractivity contribution < 1.29 is 28.3 Å². The number of methoxy groups -OCH3 is 1. The Morgan fingerprint density at radius 3 is 2.80 bits per heavy atom. The molecule has 3 fully saturated rings. The molecule has 5 unspecified atom stereocenters. The molecule has 1 saturated carbocycles. The highest BCUT2D eigenvalue weighted by Crippen LogP contribution is 2.43. The fourth-order valence-electron chi connectivity index (χ4n) is 6.61. The van der Waals surface area contributed by atoms with Crippen LogP contribution >= 0.6 is 0 Å². The first kappa shape index (κ1) is 26.0. The number of benzene rings is 1. The molecular weight excluding hydrogens is 516 g/mol. The van der Waals surface area contributed by atoms with E-state index in [1.165, 1.54) is 0 Å². The number of aromatic nitrogens is 3. The minimum Gasteiger partial charge on any atom is -0.496 e. The van der Waals surface area contributed by atoms with Crippen LogP contribution in [0.1, 0.15) is 59.2 Å². The molecule has 3 amide bonds. The van der Waals surface area contributed by atoms with Gasteiger partial charge in [0.2, 0.25) is 23.5 Å². The van der Waals surface area contributed by atoms with Crippen LogP contribution in [0.25, 0.3) is 10.9 Å². The van der Waals surface area contributed by atoms with E-state index in [0.29, 0.717) is 31.0 Å². The van der Waals surface area contributed by atoms with E-state index in [2.05, 4.69) is 25.8 Å². The van der Waals surface area contributed by atoms with E-state index >= 15 is 0 Å². The van der Waals surface area contributed by atoms with E-state index in [1.54, 1.807) is 25.0 Å². The van der Waals surface area contributed by atoms with Gasteiger partial charge in [-0.15, -0.1) is 10.2 Å². The zero-order chi connectivity index (χ0) is 28.0. The predicted octanol–water partition coefficient (Wildman–Crippen LogP) is 2.00. The summed E-state index contributed by atoms with van der Waals surface area (Å²) >= 11 is 0. The highest BCUT2D eigenvalue weighted by atomic mass is 16.5. The Morgan fingerprint density at radius 1 is 1.23 bits per heavy atom. The minimum atomic E-state index is -1.05. The van der Waals surface area contributed by atoms with Crippen molar-refractivity contribution in [2.75, 3.05) is 20.2 Å². The van der Waals surface area contributed by atoms with Gasteiger partial charge in [-0.1, -0.05) is 12.5 Å². The van der Waals surface area contributed by atoms with Gasteiger partial charge in [0.15, 0.2) is 0 Å². The fraction of sp³-hybridized carbons (Fsp3) is 0.500. The average Bonchev–Trinajstić information content (AvgIpc) is 3.76. The molecule has 0 radical (unpaired) electrons. The van der Waals surface area contributed by atoms with Crippen molar-refractivity contribution in [3.63, 3.8) is 0 Å². The summed E-state index contributed by atoms with van der Waals surface area (Å²) in [6.45, 7) is 2.55. The number of ether oxygens (including phenoxy) is 1. The van der Waals surface area contributed by atoms with Crippen LogP contribution in [0.2, 0.25) is 0 Å². The third-order valence-corrected chi connectivity index (χ3v) is 8.55. The first-order valence-corrected chi connectivity index (χ1v) is 13.7. The first-order valence-electron chi connectivity index (χ1n) is 13.7. The van der Waals surface area contributed by atoms with E-state index in [9.17, 15) is 19.2 Å². The van der Waals surface area contributed by atoms with Gasteiger partial charge in [-0.3, -0.25) is 19.2 Å². The van der Waals surface area contributed by atoms with Gasteiger partial charge in [-0.05, 0) is 55.7 Å². The molecule has 3 N–H and O–H groups in total. The number of nitrogens with zero attached hydrogens (tertiary/aromatic N) is 3. The standard InChI is InChI=1S/C28H32N6O6/c1-14-32-33-27(40-14)24(35)20(11-15-9-10-29-25(15)36)31-26(37)23-17-6-3-5-16(17)13-34(23)28(38)21-12-18-19(30-21)7-4-8-22(18)39-2/h4,7-8,12,15-17,20,23,30H,3,5-6,9-11,13H2,1-2H3,(H,29,36)(H,31,37). The summed E-state index contributed by atoms with van der Waals surface area (Å²) in [5, 5.41) is 14.0. The van der Waals surface area contributed by atoms with Gasteiger partial charge in [-0.25, -0.2) is 0 Å². The number of fused-ring (bicyclic) bond motifs is 2. The second-order valence-electron chi connectivity index (χ2n) is 10.9. The molecule has 210 valence electrons. The zero-order valence-corrected chi connectivity index (χ0v) is 22.4. The number of ketones is 1. The molecule has 4 heterocycles. The molecule has 3 aromatic rings. The molecule has 12 heteroatoms. The van der Waals surface area contributed by atoms with Gasteiger partial charge >= 0.3 is 0 Å². The molecule has 5 atom stereocenters. The second-order valence-corrected chi connectivity index (χ2v) is 10.9. The van der Waals surface area contributed by atoms with Gasteiger partial charge in [0.05, 0.1) is 13.2 Å². The normalized spacial score (nSPS) is 24.6. The number of Topliss-reactive ketones (excluding diaryl/α,β-unsaturated/α-hetero) is 1. The summed E-state index contributed by atoms with van der Waals surface area (Å²) in [6, 6.07) is 5.50. The molecule has 0 spiro atoms. The largest absolute Gasteiger partial charge is 0.496 e. The molecule has 40 heavy (non-hydrogen) atoms. The maximum Gasteiger partial charge on any atom is 0.286 e. The number of nitrogens with one attached hydrogen (secondary N) is 3. The average molecular weight is 549 g/mol. The third kappa shape index (κ3) is 4.61.